The van der Waals surface area contributed by atoms with Gasteiger partial charge in [-0.2, -0.15) is 0 Å². The van der Waals surface area contributed by atoms with Gasteiger partial charge in [0.25, 0.3) is 0 Å². The molecular weight excluding hydrogens is 562 g/mol. The number of hydrogen-bond acceptors (Lipinski definition) is 7. The van der Waals surface area contributed by atoms with Crippen molar-refractivity contribution < 1.29 is 19.3 Å². The summed E-state index contributed by atoms with van der Waals surface area (Å²) in [6, 6.07) is 39.2. The van der Waals surface area contributed by atoms with Crippen LogP contribution in [0.25, 0.3) is 32.3 Å². The Balaban J connectivity index is 1.64. The second-order valence-corrected chi connectivity index (χ2v) is 10.7. The third kappa shape index (κ3) is 5.88. The lowest BCUT2D eigenvalue weighted by molar-refractivity contribution is -0.141. The molecule has 6 aromatic rings. The first-order valence-corrected chi connectivity index (χ1v) is 14.6. The van der Waals surface area contributed by atoms with Crippen molar-refractivity contribution in [1.82, 2.24) is 0 Å². The molecule has 0 heterocycles. The van der Waals surface area contributed by atoms with E-state index in [2.05, 4.69) is 69.8 Å². The first kappa shape index (κ1) is 29.3. The SMILES string of the molecule is CC(=O)O/N=C(/C)c1ccc(N(c2ccc3ccccc3c2)c2c3ccccc3c(/C(C)=N/OC(C)=O)c3ccccc23)cc1. The molecule has 0 radical (unpaired) electrons. The number of rotatable bonds is 7. The number of nitrogens with zero attached hydrogens (tertiary/aromatic N) is 3. The highest BCUT2D eigenvalue weighted by atomic mass is 16.7. The molecule has 0 aliphatic carbocycles. The molecule has 6 rings (SSSR count). The number of anilines is 3. The van der Waals surface area contributed by atoms with Gasteiger partial charge < -0.3 is 14.6 Å². The minimum atomic E-state index is -0.473. The average Bonchev–Trinajstić information content (AvgIpc) is 3.06. The summed E-state index contributed by atoms with van der Waals surface area (Å²) < 4.78 is 0. The van der Waals surface area contributed by atoms with Crippen molar-refractivity contribution in [3.8, 4) is 0 Å². The fourth-order valence-electron chi connectivity index (χ4n) is 5.67. The highest BCUT2D eigenvalue weighted by molar-refractivity contribution is 6.26. The summed E-state index contributed by atoms with van der Waals surface area (Å²) in [5.41, 5.74) is 5.85. The number of benzene rings is 6. The van der Waals surface area contributed by atoms with Gasteiger partial charge in [0.2, 0.25) is 0 Å². The number of oxime groups is 2. The molecule has 0 aliphatic rings. The highest BCUT2D eigenvalue weighted by Crippen LogP contribution is 2.46. The summed E-state index contributed by atoms with van der Waals surface area (Å²) in [6.45, 7) is 6.33. The van der Waals surface area contributed by atoms with Gasteiger partial charge in [-0.25, -0.2) is 9.59 Å². The van der Waals surface area contributed by atoms with E-state index < -0.39 is 11.9 Å². The van der Waals surface area contributed by atoms with Gasteiger partial charge in [0.1, 0.15) is 0 Å². The van der Waals surface area contributed by atoms with Crippen LogP contribution in [0.5, 0.6) is 0 Å². The van der Waals surface area contributed by atoms with Crippen molar-refractivity contribution >= 4 is 72.7 Å². The Kier molecular flexibility index (Phi) is 8.08. The van der Waals surface area contributed by atoms with Crippen LogP contribution in [0.15, 0.2) is 126 Å². The van der Waals surface area contributed by atoms with Crippen LogP contribution >= 0.6 is 0 Å². The smallest absolute Gasteiger partial charge is 0.318 e. The topological polar surface area (TPSA) is 80.6 Å². The predicted octanol–water partition coefficient (Wildman–Crippen LogP) is 9.19. The van der Waals surface area contributed by atoms with E-state index in [1.165, 1.54) is 13.8 Å². The zero-order valence-corrected chi connectivity index (χ0v) is 25.4. The van der Waals surface area contributed by atoms with E-state index in [0.29, 0.717) is 11.4 Å². The quantitative estimate of drug-likeness (QED) is 0.0798. The van der Waals surface area contributed by atoms with Gasteiger partial charge in [-0.05, 0) is 65.2 Å². The van der Waals surface area contributed by atoms with Crippen molar-refractivity contribution in [2.75, 3.05) is 4.90 Å². The lowest BCUT2D eigenvalue weighted by Crippen LogP contribution is -2.13. The van der Waals surface area contributed by atoms with Crippen molar-refractivity contribution in [3.63, 3.8) is 0 Å². The van der Waals surface area contributed by atoms with Gasteiger partial charge in [-0.1, -0.05) is 101 Å². The van der Waals surface area contributed by atoms with Crippen molar-refractivity contribution in [2.45, 2.75) is 27.7 Å². The van der Waals surface area contributed by atoms with Gasteiger partial charge in [0.15, 0.2) is 0 Å². The van der Waals surface area contributed by atoms with Gasteiger partial charge >= 0.3 is 11.9 Å². The van der Waals surface area contributed by atoms with Crippen LogP contribution in [0.3, 0.4) is 0 Å². The Bertz CT molecular complexity index is 2090. The van der Waals surface area contributed by atoms with E-state index in [0.717, 1.165) is 60.5 Å². The number of fused-ring (bicyclic) bond motifs is 3. The molecule has 7 heteroatoms. The van der Waals surface area contributed by atoms with Crippen LogP contribution < -0.4 is 4.90 Å². The zero-order valence-electron chi connectivity index (χ0n) is 25.4. The molecule has 0 saturated carbocycles. The number of carbonyl (C=O) groups excluding carboxylic acids is 2. The molecule has 0 fully saturated rings. The van der Waals surface area contributed by atoms with E-state index in [1.807, 2.05) is 67.6 Å². The third-order valence-corrected chi connectivity index (χ3v) is 7.65. The lowest BCUT2D eigenvalue weighted by atomic mass is 9.91. The summed E-state index contributed by atoms with van der Waals surface area (Å²) in [7, 11) is 0. The molecule has 0 amide bonds. The highest BCUT2D eigenvalue weighted by Gasteiger charge is 2.23. The largest absolute Gasteiger partial charge is 0.331 e. The van der Waals surface area contributed by atoms with E-state index in [9.17, 15) is 9.59 Å². The molecule has 0 aromatic heterocycles. The van der Waals surface area contributed by atoms with E-state index >= 15 is 0 Å². The number of carbonyl (C=O) groups is 2. The maximum absolute atomic E-state index is 11.6. The summed E-state index contributed by atoms with van der Waals surface area (Å²) in [5.74, 6) is -0.942. The summed E-state index contributed by atoms with van der Waals surface area (Å²) in [5, 5.41) is 14.4. The van der Waals surface area contributed by atoms with Gasteiger partial charge in [-0.15, -0.1) is 0 Å². The molecule has 45 heavy (non-hydrogen) atoms. The maximum atomic E-state index is 11.6. The van der Waals surface area contributed by atoms with Crippen molar-refractivity contribution in [1.29, 1.82) is 0 Å². The van der Waals surface area contributed by atoms with Crippen LogP contribution in [0.4, 0.5) is 17.1 Å². The van der Waals surface area contributed by atoms with Gasteiger partial charge in [-0.3, -0.25) is 0 Å². The minimum absolute atomic E-state index is 0.469. The van der Waals surface area contributed by atoms with E-state index in [-0.39, 0.29) is 0 Å². The lowest BCUT2D eigenvalue weighted by Gasteiger charge is -2.30. The average molecular weight is 594 g/mol. The maximum Gasteiger partial charge on any atom is 0.331 e. The number of hydrogen-bond donors (Lipinski definition) is 0. The molecule has 0 atom stereocenters. The van der Waals surface area contributed by atoms with Crippen LogP contribution in [-0.2, 0) is 19.3 Å². The second-order valence-electron chi connectivity index (χ2n) is 10.7. The summed E-state index contributed by atoms with van der Waals surface area (Å²) in [4.78, 5) is 35.2. The normalized spacial score (nSPS) is 12.0. The zero-order chi connectivity index (χ0) is 31.5. The molecule has 222 valence electrons. The fraction of sp³-hybridized carbons (Fsp3) is 0.105. The third-order valence-electron chi connectivity index (χ3n) is 7.65. The molecule has 0 spiro atoms. The van der Waals surface area contributed by atoms with Crippen LogP contribution in [0, 0.1) is 0 Å². The Labute approximate surface area is 261 Å². The van der Waals surface area contributed by atoms with Gasteiger partial charge in [0.05, 0.1) is 17.1 Å². The molecule has 0 bridgehead atoms. The van der Waals surface area contributed by atoms with Crippen LogP contribution in [0.2, 0.25) is 0 Å². The van der Waals surface area contributed by atoms with Crippen molar-refractivity contribution in [2.24, 2.45) is 10.3 Å². The molecule has 0 aliphatic heterocycles. The Morgan fingerprint density at radius 3 is 1.60 bits per heavy atom. The van der Waals surface area contributed by atoms with Crippen LogP contribution in [0.1, 0.15) is 38.8 Å². The Morgan fingerprint density at radius 1 is 0.533 bits per heavy atom. The summed E-state index contributed by atoms with van der Waals surface area (Å²) in [6.07, 6.45) is 0. The van der Waals surface area contributed by atoms with Crippen LogP contribution in [-0.4, -0.2) is 23.4 Å². The summed E-state index contributed by atoms with van der Waals surface area (Å²) >= 11 is 0. The monoisotopic (exact) mass is 593 g/mol. The fourth-order valence-corrected chi connectivity index (χ4v) is 5.67. The van der Waals surface area contributed by atoms with E-state index in [1.54, 1.807) is 6.92 Å². The van der Waals surface area contributed by atoms with E-state index in [4.69, 9.17) is 9.68 Å². The van der Waals surface area contributed by atoms with Crippen molar-refractivity contribution in [3.05, 3.63) is 126 Å². The molecule has 0 N–H and O–H groups in total. The molecule has 6 aromatic carbocycles. The Morgan fingerprint density at radius 2 is 1.02 bits per heavy atom. The Hall–Kier alpha value is -5.82. The molecule has 0 unspecified atom stereocenters. The molecule has 7 nitrogen and oxygen atoms in total. The standard InChI is InChI=1S/C38H31N3O4/c1-24(39-44-26(3)42)28-17-20-31(21-18-28)41(32-22-19-29-11-5-6-12-30(29)23-32)38-35-15-9-7-13-33(35)37(25(2)40-45-27(4)43)34-14-8-10-16-36(34)38/h5-23H,1-4H3/b39-24-,40-25+. The molecule has 0 saturated heterocycles. The first-order valence-electron chi connectivity index (χ1n) is 14.6. The van der Waals surface area contributed by atoms with Gasteiger partial charge in [0, 0.05) is 41.6 Å². The second kappa shape index (κ2) is 12.4. The minimum Gasteiger partial charge on any atom is -0.318 e. The predicted molar refractivity (Wildman–Crippen MR) is 182 cm³/mol. The first-order chi connectivity index (χ1) is 21.8. The molecular formula is C38H31N3O4.